The summed E-state index contributed by atoms with van der Waals surface area (Å²) >= 11 is 0. The first-order valence-corrected chi connectivity index (χ1v) is 5.80. The van der Waals surface area contributed by atoms with Crippen LogP contribution in [0.5, 0.6) is 0 Å². The number of benzene rings is 1. The molecule has 0 bridgehead atoms. The standard InChI is InChI=1S/C12H13N5O.ClH/c1-2-18-17-12-7-10(3-4-11(12)14-15-17)8-16-6-5-13-9-16;/h3-7,9H,2,8H2,1H3;1H. The fourth-order valence-corrected chi connectivity index (χ4v) is 1.85. The van der Waals surface area contributed by atoms with Gasteiger partial charge in [0.1, 0.15) is 17.6 Å². The average Bonchev–Trinajstić information content (AvgIpc) is 3.00. The van der Waals surface area contributed by atoms with Crippen molar-refractivity contribution in [1.29, 1.82) is 0 Å². The van der Waals surface area contributed by atoms with Crippen LogP contribution in [0.4, 0.5) is 0 Å². The third kappa shape index (κ3) is 2.68. The fourth-order valence-electron chi connectivity index (χ4n) is 1.85. The van der Waals surface area contributed by atoms with Gasteiger partial charge in [-0.25, -0.2) is 4.98 Å². The van der Waals surface area contributed by atoms with Gasteiger partial charge in [-0.1, -0.05) is 10.9 Å². The molecule has 0 aliphatic rings. The fraction of sp³-hybridized carbons (Fsp3) is 0.250. The summed E-state index contributed by atoms with van der Waals surface area (Å²) in [6.45, 7) is 3.25. The summed E-state index contributed by atoms with van der Waals surface area (Å²) in [6, 6.07) is 6.02. The van der Waals surface area contributed by atoms with Gasteiger partial charge in [0.25, 0.3) is 0 Å². The predicted molar refractivity (Wildman–Crippen MR) is 73.2 cm³/mol. The molecule has 1 aromatic carbocycles. The van der Waals surface area contributed by atoms with Crippen molar-refractivity contribution in [2.45, 2.75) is 13.5 Å². The molecule has 7 heteroatoms. The van der Waals surface area contributed by atoms with E-state index >= 15 is 0 Å². The van der Waals surface area contributed by atoms with Gasteiger partial charge in [0, 0.05) is 18.9 Å². The van der Waals surface area contributed by atoms with Crippen LogP contribution in [0, 0.1) is 0 Å². The Morgan fingerprint density at radius 1 is 1.32 bits per heavy atom. The second kappa shape index (κ2) is 5.71. The number of hydrogen-bond acceptors (Lipinski definition) is 4. The van der Waals surface area contributed by atoms with E-state index in [1.807, 2.05) is 35.9 Å². The molecular formula is C12H14ClN5O. The Bertz CT molecular complexity index is 649. The van der Waals surface area contributed by atoms with E-state index in [1.165, 1.54) is 4.85 Å². The first kappa shape index (κ1) is 13.4. The van der Waals surface area contributed by atoms with Crippen LogP contribution in [-0.4, -0.2) is 31.3 Å². The minimum absolute atomic E-state index is 0. The van der Waals surface area contributed by atoms with E-state index in [2.05, 4.69) is 15.3 Å². The van der Waals surface area contributed by atoms with E-state index in [4.69, 9.17) is 4.84 Å². The highest BCUT2D eigenvalue weighted by Crippen LogP contribution is 2.13. The van der Waals surface area contributed by atoms with Crippen LogP contribution in [0.3, 0.4) is 0 Å². The van der Waals surface area contributed by atoms with Crippen LogP contribution in [0.25, 0.3) is 11.0 Å². The van der Waals surface area contributed by atoms with Gasteiger partial charge in [-0.05, 0) is 29.8 Å². The summed E-state index contributed by atoms with van der Waals surface area (Å²) in [6.07, 6.45) is 5.50. The molecule has 0 spiro atoms. The largest absolute Gasteiger partial charge is 0.395 e. The SMILES string of the molecule is CCOn1nnc2ccc(Cn3ccnc3)cc21.Cl. The maximum absolute atomic E-state index is 5.37. The molecule has 0 aliphatic heterocycles. The van der Waals surface area contributed by atoms with Gasteiger partial charge < -0.3 is 9.40 Å². The first-order chi connectivity index (χ1) is 8.86. The zero-order chi connectivity index (χ0) is 12.4. The Kier molecular flexibility index (Phi) is 4.01. The monoisotopic (exact) mass is 279 g/mol. The molecule has 19 heavy (non-hydrogen) atoms. The lowest BCUT2D eigenvalue weighted by Gasteiger charge is -2.04. The molecule has 2 aromatic heterocycles. The van der Waals surface area contributed by atoms with E-state index < -0.39 is 0 Å². The lowest BCUT2D eigenvalue weighted by Crippen LogP contribution is -2.12. The predicted octanol–water partition coefficient (Wildman–Crippen LogP) is 1.55. The Morgan fingerprint density at radius 2 is 2.21 bits per heavy atom. The highest BCUT2D eigenvalue weighted by atomic mass is 35.5. The van der Waals surface area contributed by atoms with Crippen LogP contribution in [0.1, 0.15) is 12.5 Å². The Balaban J connectivity index is 0.00000133. The van der Waals surface area contributed by atoms with E-state index in [9.17, 15) is 0 Å². The zero-order valence-electron chi connectivity index (χ0n) is 10.4. The van der Waals surface area contributed by atoms with Crippen molar-refractivity contribution in [3.05, 3.63) is 42.5 Å². The summed E-state index contributed by atoms with van der Waals surface area (Å²) < 4.78 is 2.01. The van der Waals surface area contributed by atoms with Crippen LogP contribution < -0.4 is 4.84 Å². The molecule has 0 amide bonds. The Labute approximate surface area is 116 Å². The van der Waals surface area contributed by atoms with Gasteiger partial charge in [0.15, 0.2) is 0 Å². The molecule has 0 N–H and O–H groups in total. The molecule has 0 aliphatic carbocycles. The van der Waals surface area contributed by atoms with Gasteiger partial charge in [-0.3, -0.25) is 0 Å². The number of aromatic nitrogens is 5. The summed E-state index contributed by atoms with van der Waals surface area (Å²) in [7, 11) is 0. The molecule has 3 aromatic rings. The van der Waals surface area contributed by atoms with Crippen LogP contribution >= 0.6 is 12.4 Å². The molecule has 100 valence electrons. The van der Waals surface area contributed by atoms with Gasteiger partial charge in [-0.2, -0.15) is 0 Å². The molecule has 6 nitrogen and oxygen atoms in total. The topological polar surface area (TPSA) is 57.8 Å². The summed E-state index contributed by atoms with van der Waals surface area (Å²) in [4.78, 5) is 10.9. The smallest absolute Gasteiger partial charge is 0.131 e. The zero-order valence-corrected chi connectivity index (χ0v) is 11.2. The van der Waals surface area contributed by atoms with E-state index in [0.717, 1.165) is 23.1 Å². The lowest BCUT2D eigenvalue weighted by molar-refractivity contribution is 0.0979. The number of halogens is 1. The number of rotatable bonds is 4. The maximum Gasteiger partial charge on any atom is 0.131 e. The second-order valence-electron chi connectivity index (χ2n) is 3.94. The van der Waals surface area contributed by atoms with Crippen LogP contribution in [0.2, 0.25) is 0 Å². The second-order valence-corrected chi connectivity index (χ2v) is 3.94. The van der Waals surface area contributed by atoms with Crippen LogP contribution in [0.15, 0.2) is 36.9 Å². The summed E-state index contributed by atoms with van der Waals surface area (Å²) in [5.41, 5.74) is 2.87. The highest BCUT2D eigenvalue weighted by molar-refractivity contribution is 5.85. The average molecular weight is 280 g/mol. The minimum atomic E-state index is 0. The van der Waals surface area contributed by atoms with Crippen molar-refractivity contribution >= 4 is 23.4 Å². The van der Waals surface area contributed by atoms with Gasteiger partial charge >= 0.3 is 0 Å². The van der Waals surface area contributed by atoms with Gasteiger partial charge in [0.2, 0.25) is 0 Å². The van der Waals surface area contributed by atoms with E-state index in [0.29, 0.717) is 6.61 Å². The van der Waals surface area contributed by atoms with E-state index in [-0.39, 0.29) is 12.4 Å². The minimum Gasteiger partial charge on any atom is -0.395 e. The number of nitrogens with zero attached hydrogens (tertiary/aromatic N) is 5. The molecule has 0 fully saturated rings. The molecule has 0 radical (unpaired) electrons. The van der Waals surface area contributed by atoms with Crippen molar-refractivity contribution in [1.82, 2.24) is 24.7 Å². The lowest BCUT2D eigenvalue weighted by atomic mass is 10.2. The molecule has 0 atom stereocenters. The molecule has 0 saturated heterocycles. The number of imidazole rings is 1. The highest BCUT2D eigenvalue weighted by Gasteiger charge is 2.06. The Morgan fingerprint density at radius 3 is 2.95 bits per heavy atom. The van der Waals surface area contributed by atoms with E-state index in [1.54, 1.807) is 12.5 Å². The molecule has 2 heterocycles. The third-order valence-electron chi connectivity index (χ3n) is 2.66. The van der Waals surface area contributed by atoms with Gasteiger partial charge in [-0.15, -0.1) is 17.5 Å². The quantitative estimate of drug-likeness (QED) is 0.727. The molecule has 0 unspecified atom stereocenters. The van der Waals surface area contributed by atoms with Crippen molar-refractivity contribution in [3.8, 4) is 0 Å². The summed E-state index contributed by atoms with van der Waals surface area (Å²) in [5, 5.41) is 7.99. The summed E-state index contributed by atoms with van der Waals surface area (Å²) in [5.74, 6) is 0. The van der Waals surface area contributed by atoms with Crippen molar-refractivity contribution in [2.75, 3.05) is 6.61 Å². The number of hydrogen-bond donors (Lipinski definition) is 0. The van der Waals surface area contributed by atoms with Crippen LogP contribution in [-0.2, 0) is 6.54 Å². The maximum atomic E-state index is 5.37. The number of fused-ring (bicyclic) bond motifs is 1. The Hall–Kier alpha value is -2.08. The molecule has 0 saturated carbocycles. The molecular weight excluding hydrogens is 266 g/mol. The first-order valence-electron chi connectivity index (χ1n) is 5.80. The van der Waals surface area contributed by atoms with Gasteiger partial charge in [0.05, 0.1) is 6.33 Å². The van der Waals surface area contributed by atoms with Crippen molar-refractivity contribution in [3.63, 3.8) is 0 Å². The molecule has 3 rings (SSSR count). The normalized spacial score (nSPS) is 10.4. The van der Waals surface area contributed by atoms with Crippen molar-refractivity contribution in [2.24, 2.45) is 0 Å². The third-order valence-corrected chi connectivity index (χ3v) is 2.66. The van der Waals surface area contributed by atoms with Crippen molar-refractivity contribution < 1.29 is 4.84 Å².